The van der Waals surface area contributed by atoms with E-state index < -0.39 is 15.0 Å². The summed E-state index contributed by atoms with van der Waals surface area (Å²) in [4.78, 5) is 11.7. The van der Waals surface area contributed by atoms with Gasteiger partial charge in [0, 0.05) is 10.7 Å². The highest BCUT2D eigenvalue weighted by Gasteiger charge is 2.18. The molecule has 1 aromatic carbocycles. The van der Waals surface area contributed by atoms with Crippen LogP contribution in [-0.2, 0) is 20.2 Å². The molecule has 0 spiro atoms. The van der Waals surface area contributed by atoms with Crippen LogP contribution >= 0.6 is 10.7 Å². The molecule has 1 rings (SSSR count). The molecule has 6 heteroatoms. The Bertz CT molecular complexity index is 564. The van der Waals surface area contributed by atoms with E-state index in [1.165, 1.54) is 6.07 Å². The fourth-order valence-electron chi connectivity index (χ4n) is 1.53. The van der Waals surface area contributed by atoms with Gasteiger partial charge in [-0.05, 0) is 30.0 Å². The van der Waals surface area contributed by atoms with Crippen molar-refractivity contribution in [1.82, 2.24) is 0 Å². The van der Waals surface area contributed by atoms with Crippen LogP contribution in [0.3, 0.4) is 0 Å². The van der Waals surface area contributed by atoms with Crippen molar-refractivity contribution in [2.45, 2.75) is 32.1 Å². The predicted molar refractivity (Wildman–Crippen MR) is 74.0 cm³/mol. The molecule has 0 aliphatic rings. The lowest BCUT2D eigenvalue weighted by Gasteiger charge is -2.09. The largest absolute Gasteiger partial charge is 0.462 e. The molecular formula is C13H17ClO4S. The topological polar surface area (TPSA) is 60.4 Å². The molecule has 0 unspecified atom stereocenters. The second-order valence-electron chi connectivity index (χ2n) is 4.61. The van der Waals surface area contributed by atoms with Crippen LogP contribution in [0.15, 0.2) is 23.1 Å². The number of carbonyl (C=O) groups excluding carboxylic acids is 1. The molecule has 0 radical (unpaired) electrons. The Morgan fingerprint density at radius 1 is 1.37 bits per heavy atom. The smallest absolute Gasteiger partial charge is 0.338 e. The van der Waals surface area contributed by atoms with E-state index in [2.05, 4.69) is 0 Å². The Kier molecular flexibility index (Phi) is 5.38. The molecule has 0 bridgehead atoms. The van der Waals surface area contributed by atoms with Crippen LogP contribution < -0.4 is 0 Å². The van der Waals surface area contributed by atoms with E-state index in [0.717, 1.165) is 0 Å². The molecule has 0 aromatic heterocycles. The van der Waals surface area contributed by atoms with Crippen molar-refractivity contribution in [3.05, 3.63) is 29.3 Å². The average Bonchev–Trinajstić information content (AvgIpc) is 2.34. The van der Waals surface area contributed by atoms with Gasteiger partial charge in [-0.15, -0.1) is 0 Å². The van der Waals surface area contributed by atoms with E-state index in [4.69, 9.17) is 15.4 Å². The third-order valence-corrected chi connectivity index (χ3v) is 3.90. The summed E-state index contributed by atoms with van der Waals surface area (Å²) < 4.78 is 28.0. The molecule has 106 valence electrons. The van der Waals surface area contributed by atoms with E-state index in [1.807, 2.05) is 20.8 Å². The zero-order valence-corrected chi connectivity index (χ0v) is 12.7. The van der Waals surface area contributed by atoms with Crippen LogP contribution in [0.1, 0.15) is 36.7 Å². The maximum Gasteiger partial charge on any atom is 0.338 e. The summed E-state index contributed by atoms with van der Waals surface area (Å²) in [6, 6.07) is 4.40. The first-order chi connectivity index (χ1) is 8.75. The van der Waals surface area contributed by atoms with Crippen LogP contribution in [-0.4, -0.2) is 21.0 Å². The second-order valence-corrected chi connectivity index (χ2v) is 7.14. The number of hydrogen-bond acceptors (Lipinski definition) is 4. The summed E-state index contributed by atoms with van der Waals surface area (Å²) in [5.74, 6) is -0.326. The van der Waals surface area contributed by atoms with E-state index in [9.17, 15) is 13.2 Å². The van der Waals surface area contributed by atoms with Gasteiger partial charge in [-0.1, -0.05) is 26.8 Å². The lowest BCUT2D eigenvalue weighted by molar-refractivity contribution is 0.0458. The van der Waals surface area contributed by atoms with Gasteiger partial charge in [0.05, 0.1) is 17.1 Å². The lowest BCUT2D eigenvalue weighted by atomic mass is 10.1. The third kappa shape index (κ3) is 4.51. The van der Waals surface area contributed by atoms with Crippen LogP contribution in [0.25, 0.3) is 0 Å². The fraction of sp³-hybridized carbons (Fsp3) is 0.462. The second kappa shape index (κ2) is 6.39. The standard InChI is InChI=1S/C13H17ClO4S/c1-4-10-5-6-11(7-12(10)19(14,16)17)13(15)18-8-9(2)3/h5-7,9H,4,8H2,1-3H3. The van der Waals surface area contributed by atoms with Crippen molar-refractivity contribution >= 4 is 25.7 Å². The van der Waals surface area contributed by atoms with Gasteiger partial charge in [0.1, 0.15) is 0 Å². The molecule has 19 heavy (non-hydrogen) atoms. The fourth-order valence-corrected chi connectivity index (χ4v) is 2.75. The maximum atomic E-state index is 11.8. The highest BCUT2D eigenvalue weighted by atomic mass is 35.7. The molecule has 0 atom stereocenters. The van der Waals surface area contributed by atoms with Crippen molar-refractivity contribution < 1.29 is 17.9 Å². The summed E-state index contributed by atoms with van der Waals surface area (Å²) in [6.07, 6.45) is 0.516. The summed E-state index contributed by atoms with van der Waals surface area (Å²) in [7, 11) is 1.50. The van der Waals surface area contributed by atoms with Crippen LogP contribution in [0.4, 0.5) is 0 Å². The first-order valence-electron chi connectivity index (χ1n) is 6.00. The highest BCUT2D eigenvalue weighted by Crippen LogP contribution is 2.22. The van der Waals surface area contributed by atoms with Crippen molar-refractivity contribution in [1.29, 1.82) is 0 Å². The predicted octanol–water partition coefficient (Wildman–Crippen LogP) is 2.99. The number of hydrogen-bond donors (Lipinski definition) is 0. The van der Waals surface area contributed by atoms with Gasteiger partial charge >= 0.3 is 5.97 Å². The summed E-state index contributed by atoms with van der Waals surface area (Å²) in [6.45, 7) is 5.94. The van der Waals surface area contributed by atoms with E-state index >= 15 is 0 Å². The van der Waals surface area contributed by atoms with Crippen LogP contribution in [0.2, 0.25) is 0 Å². The molecular weight excluding hydrogens is 288 g/mol. The molecule has 0 aliphatic carbocycles. The van der Waals surface area contributed by atoms with E-state index in [1.54, 1.807) is 12.1 Å². The van der Waals surface area contributed by atoms with Crippen molar-refractivity contribution in [3.63, 3.8) is 0 Å². The molecule has 0 amide bonds. The molecule has 4 nitrogen and oxygen atoms in total. The molecule has 0 saturated heterocycles. The van der Waals surface area contributed by atoms with E-state index in [-0.39, 0.29) is 23.0 Å². The van der Waals surface area contributed by atoms with Gasteiger partial charge in [0.2, 0.25) is 0 Å². The zero-order valence-electron chi connectivity index (χ0n) is 11.1. The summed E-state index contributed by atoms with van der Waals surface area (Å²) >= 11 is 0. The Labute approximate surface area is 118 Å². The average molecular weight is 305 g/mol. The number of rotatable bonds is 5. The Hall–Kier alpha value is -1.07. The maximum absolute atomic E-state index is 11.8. The molecule has 0 aliphatic heterocycles. The minimum absolute atomic E-state index is 0.0318. The van der Waals surface area contributed by atoms with Crippen molar-refractivity contribution in [2.24, 2.45) is 5.92 Å². The van der Waals surface area contributed by atoms with Gasteiger partial charge in [-0.25, -0.2) is 13.2 Å². The minimum atomic E-state index is -3.87. The number of carbonyl (C=O) groups is 1. The first kappa shape index (κ1) is 16.0. The number of halogens is 1. The van der Waals surface area contributed by atoms with Crippen molar-refractivity contribution in [3.8, 4) is 0 Å². The minimum Gasteiger partial charge on any atom is -0.462 e. The SMILES string of the molecule is CCc1ccc(C(=O)OCC(C)C)cc1S(=O)(=O)Cl. The number of aryl methyl sites for hydroxylation is 1. The number of esters is 1. The van der Waals surface area contributed by atoms with Gasteiger partial charge in [0.15, 0.2) is 0 Å². The Morgan fingerprint density at radius 2 is 2.00 bits per heavy atom. The Balaban J connectivity index is 3.09. The summed E-state index contributed by atoms with van der Waals surface area (Å²) in [5, 5.41) is 0. The van der Waals surface area contributed by atoms with Gasteiger partial charge in [-0.3, -0.25) is 0 Å². The lowest BCUT2D eigenvalue weighted by Crippen LogP contribution is -2.11. The third-order valence-electron chi connectivity index (χ3n) is 2.49. The molecule has 0 saturated carbocycles. The number of ether oxygens (including phenoxy) is 1. The van der Waals surface area contributed by atoms with Crippen LogP contribution in [0, 0.1) is 5.92 Å². The first-order valence-corrected chi connectivity index (χ1v) is 8.31. The molecule has 1 aromatic rings. The Morgan fingerprint density at radius 3 is 2.47 bits per heavy atom. The molecule has 0 fully saturated rings. The quantitative estimate of drug-likeness (QED) is 0.620. The summed E-state index contributed by atoms with van der Waals surface area (Å²) in [5.41, 5.74) is 0.771. The molecule has 0 heterocycles. The van der Waals surface area contributed by atoms with E-state index in [0.29, 0.717) is 12.0 Å². The van der Waals surface area contributed by atoms with Gasteiger partial charge in [-0.2, -0.15) is 0 Å². The van der Waals surface area contributed by atoms with Crippen LogP contribution in [0.5, 0.6) is 0 Å². The van der Waals surface area contributed by atoms with Crippen molar-refractivity contribution in [2.75, 3.05) is 6.61 Å². The zero-order chi connectivity index (χ0) is 14.6. The monoisotopic (exact) mass is 304 g/mol. The van der Waals surface area contributed by atoms with Gasteiger partial charge < -0.3 is 4.74 Å². The number of benzene rings is 1. The normalized spacial score (nSPS) is 11.6. The molecule has 0 N–H and O–H groups in total. The van der Waals surface area contributed by atoms with Gasteiger partial charge in [0.25, 0.3) is 9.05 Å². The highest BCUT2D eigenvalue weighted by molar-refractivity contribution is 8.13.